The maximum absolute atomic E-state index is 11.9. The van der Waals surface area contributed by atoms with Gasteiger partial charge in [0.15, 0.2) is 0 Å². The summed E-state index contributed by atoms with van der Waals surface area (Å²) in [7, 11) is 0. The van der Waals surface area contributed by atoms with E-state index in [1.54, 1.807) is 18.2 Å². The van der Waals surface area contributed by atoms with Crippen molar-refractivity contribution in [2.24, 2.45) is 5.73 Å². The van der Waals surface area contributed by atoms with Crippen LogP contribution >= 0.6 is 0 Å². The smallest absolute Gasteiger partial charge is 0.274 e. The van der Waals surface area contributed by atoms with Gasteiger partial charge in [-0.1, -0.05) is 18.2 Å². The number of nitrogens with one attached hydrogen (secondary N) is 1. The topological polar surface area (TPSA) is 107 Å². The lowest BCUT2D eigenvalue weighted by atomic mass is 10.1. The second kappa shape index (κ2) is 6.44. The van der Waals surface area contributed by atoms with E-state index >= 15 is 0 Å². The average Bonchev–Trinajstić information content (AvgIpc) is 2.94. The fourth-order valence-corrected chi connectivity index (χ4v) is 2.21. The summed E-state index contributed by atoms with van der Waals surface area (Å²) in [6.07, 6.45) is 0.813. The van der Waals surface area contributed by atoms with Crippen LogP contribution in [0.25, 0.3) is 0 Å². The van der Waals surface area contributed by atoms with Crippen LogP contribution in [0.15, 0.2) is 24.3 Å². The maximum Gasteiger partial charge on any atom is 0.274 e. The summed E-state index contributed by atoms with van der Waals surface area (Å²) in [5.74, 6) is -0.251. The Kier molecular flexibility index (Phi) is 4.65. The first kappa shape index (κ1) is 14.4. The molecule has 0 bridgehead atoms. The molecule has 0 saturated carbocycles. The first-order valence-corrected chi connectivity index (χ1v) is 6.47. The van der Waals surface area contributed by atoms with Gasteiger partial charge in [-0.3, -0.25) is 14.9 Å². The summed E-state index contributed by atoms with van der Waals surface area (Å²) >= 11 is 0. The summed E-state index contributed by atoms with van der Waals surface area (Å²) in [6.45, 7) is 0.511. The predicted octanol–water partition coefficient (Wildman–Crippen LogP) is 0.717. The molecule has 0 spiro atoms. The zero-order valence-electron chi connectivity index (χ0n) is 11.0. The second-order valence-electron chi connectivity index (χ2n) is 4.66. The fraction of sp³-hybridized carbons (Fsp3) is 0.462. The molecule has 108 valence electrons. The number of nitrogens with two attached hydrogens (primary N) is 1. The van der Waals surface area contributed by atoms with Gasteiger partial charge in [-0.15, -0.1) is 0 Å². The molecule has 1 aromatic carbocycles. The van der Waals surface area contributed by atoms with Crippen LogP contribution in [0.3, 0.4) is 0 Å². The van der Waals surface area contributed by atoms with E-state index in [-0.39, 0.29) is 24.2 Å². The highest BCUT2D eigenvalue weighted by Gasteiger charge is 2.29. The molecule has 1 saturated heterocycles. The number of nitrogens with zero attached hydrogens (tertiary/aromatic N) is 1. The minimum absolute atomic E-state index is 0.0000231. The number of hydrogen-bond acceptors (Lipinski definition) is 5. The van der Waals surface area contributed by atoms with Gasteiger partial charge in [-0.05, 0) is 12.8 Å². The predicted molar refractivity (Wildman–Crippen MR) is 71.9 cm³/mol. The molecule has 0 radical (unpaired) electrons. The van der Waals surface area contributed by atoms with Gasteiger partial charge in [0.2, 0.25) is 5.91 Å². The molecule has 1 heterocycles. The molecule has 7 nitrogen and oxygen atoms in total. The third-order valence-corrected chi connectivity index (χ3v) is 3.30. The lowest BCUT2D eigenvalue weighted by Gasteiger charge is -2.12. The average molecular weight is 279 g/mol. The van der Waals surface area contributed by atoms with Crippen molar-refractivity contribution < 1.29 is 14.5 Å². The van der Waals surface area contributed by atoms with Gasteiger partial charge in [0.25, 0.3) is 5.69 Å². The third kappa shape index (κ3) is 3.31. The Hall–Kier alpha value is -1.99. The molecular weight excluding hydrogens is 262 g/mol. The third-order valence-electron chi connectivity index (χ3n) is 3.30. The van der Waals surface area contributed by atoms with Crippen molar-refractivity contribution >= 4 is 11.6 Å². The lowest BCUT2D eigenvalue weighted by molar-refractivity contribution is -0.385. The van der Waals surface area contributed by atoms with E-state index in [9.17, 15) is 14.9 Å². The molecule has 1 amide bonds. The summed E-state index contributed by atoms with van der Waals surface area (Å²) in [4.78, 5) is 22.3. The Bertz CT molecular complexity index is 506. The number of para-hydroxylation sites is 1. The van der Waals surface area contributed by atoms with E-state index in [1.165, 1.54) is 6.07 Å². The van der Waals surface area contributed by atoms with E-state index in [1.807, 2.05) is 0 Å². The van der Waals surface area contributed by atoms with Crippen molar-refractivity contribution in [3.8, 4) is 0 Å². The number of nitro benzene ring substituents is 1. The Balaban J connectivity index is 1.92. The molecule has 1 aromatic rings. The van der Waals surface area contributed by atoms with E-state index in [0.717, 1.165) is 6.42 Å². The summed E-state index contributed by atoms with van der Waals surface area (Å²) < 4.78 is 5.47. The molecule has 1 aliphatic heterocycles. The van der Waals surface area contributed by atoms with Crippen molar-refractivity contribution in [3.05, 3.63) is 39.9 Å². The van der Waals surface area contributed by atoms with Crippen molar-refractivity contribution in [2.45, 2.75) is 31.6 Å². The number of carbonyl (C=O) groups excluding carboxylic acids is 1. The van der Waals surface area contributed by atoms with E-state index < -0.39 is 11.0 Å². The number of benzene rings is 1. The highest BCUT2D eigenvalue weighted by Crippen LogP contribution is 2.20. The van der Waals surface area contributed by atoms with Crippen molar-refractivity contribution in [1.82, 2.24) is 5.32 Å². The maximum atomic E-state index is 11.9. The van der Waals surface area contributed by atoms with Crippen molar-refractivity contribution in [2.75, 3.05) is 6.54 Å². The highest BCUT2D eigenvalue weighted by molar-refractivity contribution is 5.81. The molecule has 1 aliphatic rings. The van der Waals surface area contributed by atoms with Crippen LogP contribution in [0, 0.1) is 10.1 Å². The normalized spacial score (nSPS) is 21.6. The Morgan fingerprint density at radius 3 is 2.85 bits per heavy atom. The van der Waals surface area contributed by atoms with E-state index in [2.05, 4.69) is 5.32 Å². The van der Waals surface area contributed by atoms with Crippen LogP contribution in [0.4, 0.5) is 5.69 Å². The van der Waals surface area contributed by atoms with Gasteiger partial charge in [0.05, 0.1) is 11.0 Å². The molecule has 0 aromatic heterocycles. The first-order valence-electron chi connectivity index (χ1n) is 6.47. The molecule has 2 unspecified atom stereocenters. The number of ether oxygens (including phenoxy) is 1. The molecule has 7 heteroatoms. The van der Waals surface area contributed by atoms with Crippen LogP contribution < -0.4 is 11.1 Å². The van der Waals surface area contributed by atoms with Gasteiger partial charge in [0, 0.05) is 24.7 Å². The van der Waals surface area contributed by atoms with Crippen LogP contribution in [0.1, 0.15) is 18.4 Å². The van der Waals surface area contributed by atoms with Crippen LogP contribution in [0.2, 0.25) is 0 Å². The van der Waals surface area contributed by atoms with Gasteiger partial charge < -0.3 is 15.8 Å². The number of hydrogen-bond donors (Lipinski definition) is 2. The molecular formula is C13H17N3O4. The van der Waals surface area contributed by atoms with E-state index in [0.29, 0.717) is 18.5 Å². The number of amides is 1. The Labute approximate surface area is 116 Å². The quantitative estimate of drug-likeness (QED) is 0.610. The number of nitro groups is 1. The zero-order chi connectivity index (χ0) is 14.5. The van der Waals surface area contributed by atoms with Gasteiger partial charge in [-0.25, -0.2) is 0 Å². The highest BCUT2D eigenvalue weighted by atomic mass is 16.6. The van der Waals surface area contributed by atoms with Crippen LogP contribution in [-0.4, -0.2) is 29.6 Å². The lowest BCUT2D eigenvalue weighted by Crippen LogP contribution is -2.35. The summed E-state index contributed by atoms with van der Waals surface area (Å²) in [5.41, 5.74) is 5.95. The minimum atomic E-state index is -0.508. The molecule has 2 rings (SSSR count). The molecule has 2 atom stereocenters. The molecule has 20 heavy (non-hydrogen) atoms. The second-order valence-corrected chi connectivity index (χ2v) is 4.66. The Morgan fingerprint density at radius 1 is 1.45 bits per heavy atom. The van der Waals surface area contributed by atoms with Crippen molar-refractivity contribution in [3.63, 3.8) is 0 Å². The number of carbonyl (C=O) groups is 1. The van der Waals surface area contributed by atoms with Crippen LogP contribution in [0.5, 0.6) is 0 Å². The first-order chi connectivity index (χ1) is 9.61. The van der Waals surface area contributed by atoms with Crippen LogP contribution in [-0.2, 0) is 16.1 Å². The van der Waals surface area contributed by atoms with Gasteiger partial charge in [-0.2, -0.15) is 0 Å². The van der Waals surface area contributed by atoms with Crippen molar-refractivity contribution in [1.29, 1.82) is 0 Å². The standard InChI is InChI=1S/C13H17N3O4/c14-7-10-5-6-12(20-10)13(17)15-8-9-3-1-2-4-11(9)16(18)19/h1-4,10,12H,5-8,14H2,(H,15,17). The fourth-order valence-electron chi connectivity index (χ4n) is 2.21. The molecule has 1 fully saturated rings. The molecule has 3 N–H and O–H groups in total. The minimum Gasteiger partial charge on any atom is -0.364 e. The largest absolute Gasteiger partial charge is 0.364 e. The summed E-state index contributed by atoms with van der Waals surface area (Å²) in [6, 6.07) is 6.33. The van der Waals surface area contributed by atoms with Gasteiger partial charge >= 0.3 is 0 Å². The molecule has 0 aliphatic carbocycles. The SMILES string of the molecule is NCC1CCC(C(=O)NCc2ccccc2[N+](=O)[O-])O1. The van der Waals surface area contributed by atoms with Gasteiger partial charge in [0.1, 0.15) is 6.10 Å². The number of rotatable bonds is 5. The Morgan fingerprint density at radius 2 is 2.20 bits per heavy atom. The summed E-state index contributed by atoms with van der Waals surface area (Å²) in [5, 5.41) is 13.5. The zero-order valence-corrected chi connectivity index (χ0v) is 11.0. The van der Waals surface area contributed by atoms with E-state index in [4.69, 9.17) is 10.5 Å². The monoisotopic (exact) mass is 279 g/mol.